The monoisotopic (exact) mass is 221 g/mol. The summed E-state index contributed by atoms with van der Waals surface area (Å²) in [5.74, 6) is 0.463. The third kappa shape index (κ3) is 1.29. The van der Waals surface area contributed by atoms with Gasteiger partial charge in [-0.15, -0.1) is 10.2 Å². The molecule has 8 heavy (non-hydrogen) atoms. The lowest BCUT2D eigenvalue weighted by molar-refractivity contribution is 1.01. The second kappa shape index (κ2) is 2.25. The van der Waals surface area contributed by atoms with Crippen LogP contribution in [0, 0.1) is 3.70 Å². The molecule has 42 valence electrons. The molecule has 0 amide bonds. The van der Waals surface area contributed by atoms with E-state index in [0.29, 0.717) is 5.82 Å². The molecule has 1 heterocycles. The molecule has 2 N–H and O–H groups in total. The Kier molecular flexibility index (Phi) is 1.62. The normalized spacial score (nSPS) is 9.12. The van der Waals surface area contributed by atoms with Crippen molar-refractivity contribution in [2.45, 2.75) is 0 Å². The molecule has 0 spiro atoms. The van der Waals surface area contributed by atoms with Crippen LogP contribution in [0.5, 0.6) is 0 Å². The molecular weight excluding hydrogens is 217 g/mol. The van der Waals surface area contributed by atoms with Crippen molar-refractivity contribution >= 4 is 28.4 Å². The summed E-state index contributed by atoms with van der Waals surface area (Å²) in [7, 11) is 0. The molecule has 0 saturated heterocycles. The van der Waals surface area contributed by atoms with Crippen molar-refractivity contribution in [1.29, 1.82) is 0 Å². The fourth-order valence-corrected chi connectivity index (χ4v) is 0.614. The first-order valence-corrected chi connectivity index (χ1v) is 3.11. The average molecular weight is 221 g/mol. The van der Waals surface area contributed by atoms with Gasteiger partial charge in [-0.1, -0.05) is 0 Å². The van der Waals surface area contributed by atoms with E-state index in [-0.39, 0.29) is 0 Å². The minimum Gasteiger partial charge on any atom is -0.382 e. The first kappa shape index (κ1) is 5.74. The van der Waals surface area contributed by atoms with Crippen LogP contribution in [-0.4, -0.2) is 10.2 Å². The van der Waals surface area contributed by atoms with Crippen LogP contribution in [0.3, 0.4) is 0 Å². The Morgan fingerprint density at radius 1 is 1.38 bits per heavy atom. The van der Waals surface area contributed by atoms with Crippen LogP contribution in [0.4, 0.5) is 5.82 Å². The van der Waals surface area contributed by atoms with Gasteiger partial charge in [-0.2, -0.15) is 0 Å². The number of nitrogens with two attached hydrogens (primary N) is 1. The second-order valence-corrected chi connectivity index (χ2v) is 2.39. The van der Waals surface area contributed by atoms with E-state index in [1.165, 1.54) is 0 Å². The lowest BCUT2D eigenvalue weighted by Gasteiger charge is -1.86. The molecule has 0 bridgehead atoms. The summed E-state index contributed by atoms with van der Waals surface area (Å²) >= 11 is 2.07. The molecule has 4 heteroatoms. The SMILES string of the molecule is Nc1ccc(I)nn1. The number of nitrogen functional groups attached to an aromatic ring is 1. The zero-order valence-electron chi connectivity index (χ0n) is 4.00. The molecule has 0 aliphatic carbocycles. The summed E-state index contributed by atoms with van der Waals surface area (Å²) < 4.78 is 0.858. The standard InChI is InChI=1S/C4H4IN3/c5-3-1-2-4(6)8-7-3/h1-2H,(H2,6,8). The van der Waals surface area contributed by atoms with Crippen molar-refractivity contribution in [1.82, 2.24) is 10.2 Å². The number of nitrogens with zero attached hydrogens (tertiary/aromatic N) is 2. The highest BCUT2D eigenvalue weighted by Gasteiger charge is 1.85. The zero-order valence-corrected chi connectivity index (χ0v) is 6.16. The summed E-state index contributed by atoms with van der Waals surface area (Å²) in [4.78, 5) is 0. The van der Waals surface area contributed by atoms with Gasteiger partial charge in [-0.25, -0.2) is 0 Å². The molecule has 1 aromatic heterocycles. The Balaban J connectivity index is 3.03. The Labute approximate surface area is 60.4 Å². The Bertz CT molecular complexity index is 150. The number of rotatable bonds is 0. The van der Waals surface area contributed by atoms with E-state index >= 15 is 0 Å². The van der Waals surface area contributed by atoms with Crippen molar-refractivity contribution in [3.8, 4) is 0 Å². The Morgan fingerprint density at radius 3 is 2.50 bits per heavy atom. The summed E-state index contributed by atoms with van der Waals surface area (Å²) in [5, 5.41) is 7.29. The number of aromatic nitrogens is 2. The quantitative estimate of drug-likeness (QED) is 0.654. The van der Waals surface area contributed by atoms with Gasteiger partial charge in [0, 0.05) is 0 Å². The molecule has 0 unspecified atom stereocenters. The van der Waals surface area contributed by atoms with Crippen LogP contribution in [0.1, 0.15) is 0 Å². The largest absolute Gasteiger partial charge is 0.382 e. The molecule has 0 saturated carbocycles. The highest BCUT2D eigenvalue weighted by Crippen LogP contribution is 1.98. The molecule has 3 nitrogen and oxygen atoms in total. The maximum Gasteiger partial charge on any atom is 0.146 e. The maximum atomic E-state index is 5.25. The first-order chi connectivity index (χ1) is 3.79. The van der Waals surface area contributed by atoms with Gasteiger partial charge < -0.3 is 5.73 Å². The molecular formula is C4H4IN3. The van der Waals surface area contributed by atoms with E-state index in [0.717, 1.165) is 3.70 Å². The van der Waals surface area contributed by atoms with Crippen molar-refractivity contribution in [2.75, 3.05) is 5.73 Å². The average Bonchev–Trinajstić information content (AvgIpc) is 1.77. The van der Waals surface area contributed by atoms with Crippen LogP contribution in [0.2, 0.25) is 0 Å². The summed E-state index contributed by atoms with van der Waals surface area (Å²) in [6, 6.07) is 3.53. The van der Waals surface area contributed by atoms with E-state index in [1.54, 1.807) is 6.07 Å². The molecule has 0 fully saturated rings. The van der Waals surface area contributed by atoms with Crippen LogP contribution in [0.15, 0.2) is 12.1 Å². The fraction of sp³-hybridized carbons (Fsp3) is 0. The van der Waals surface area contributed by atoms with Crippen LogP contribution < -0.4 is 5.73 Å². The number of hydrogen-bond acceptors (Lipinski definition) is 3. The summed E-state index contributed by atoms with van der Waals surface area (Å²) in [6.45, 7) is 0. The third-order valence-corrected chi connectivity index (χ3v) is 1.23. The fourth-order valence-electron chi connectivity index (χ4n) is 0.326. The molecule has 0 aliphatic rings. The molecule has 1 rings (SSSR count). The lowest BCUT2D eigenvalue weighted by atomic mass is 10.6. The molecule has 0 radical (unpaired) electrons. The number of hydrogen-bond donors (Lipinski definition) is 1. The summed E-state index contributed by atoms with van der Waals surface area (Å²) in [6.07, 6.45) is 0. The summed E-state index contributed by atoms with van der Waals surface area (Å²) in [5.41, 5.74) is 5.25. The van der Waals surface area contributed by atoms with Gasteiger partial charge in [0.1, 0.15) is 9.52 Å². The van der Waals surface area contributed by atoms with Gasteiger partial charge in [-0.05, 0) is 34.7 Å². The van der Waals surface area contributed by atoms with Gasteiger partial charge in [-0.3, -0.25) is 0 Å². The molecule has 0 aliphatic heterocycles. The predicted molar refractivity (Wildman–Crippen MR) is 39.2 cm³/mol. The second-order valence-electron chi connectivity index (χ2n) is 1.28. The molecule has 0 aromatic carbocycles. The highest BCUT2D eigenvalue weighted by atomic mass is 127. The minimum atomic E-state index is 0.463. The first-order valence-electron chi connectivity index (χ1n) is 2.04. The van der Waals surface area contributed by atoms with Crippen LogP contribution >= 0.6 is 22.6 Å². The lowest BCUT2D eigenvalue weighted by Crippen LogP contribution is -1.92. The van der Waals surface area contributed by atoms with Crippen LogP contribution in [-0.2, 0) is 0 Å². The Hall–Kier alpha value is -0.390. The van der Waals surface area contributed by atoms with E-state index in [1.807, 2.05) is 6.07 Å². The van der Waals surface area contributed by atoms with Gasteiger partial charge >= 0.3 is 0 Å². The smallest absolute Gasteiger partial charge is 0.146 e. The van der Waals surface area contributed by atoms with Crippen molar-refractivity contribution < 1.29 is 0 Å². The van der Waals surface area contributed by atoms with E-state index in [9.17, 15) is 0 Å². The van der Waals surface area contributed by atoms with Crippen molar-refractivity contribution in [3.63, 3.8) is 0 Å². The minimum absolute atomic E-state index is 0.463. The van der Waals surface area contributed by atoms with Crippen molar-refractivity contribution in [2.24, 2.45) is 0 Å². The topological polar surface area (TPSA) is 51.8 Å². The number of halogens is 1. The van der Waals surface area contributed by atoms with E-state index in [4.69, 9.17) is 5.73 Å². The number of anilines is 1. The maximum absolute atomic E-state index is 5.25. The van der Waals surface area contributed by atoms with E-state index in [2.05, 4.69) is 32.8 Å². The molecule has 1 aromatic rings. The van der Waals surface area contributed by atoms with Crippen LogP contribution in [0.25, 0.3) is 0 Å². The van der Waals surface area contributed by atoms with Gasteiger partial charge in [0.2, 0.25) is 0 Å². The predicted octanol–water partition coefficient (Wildman–Crippen LogP) is 0.663. The van der Waals surface area contributed by atoms with Gasteiger partial charge in [0.05, 0.1) is 0 Å². The van der Waals surface area contributed by atoms with E-state index < -0.39 is 0 Å². The van der Waals surface area contributed by atoms with Gasteiger partial charge in [0.25, 0.3) is 0 Å². The highest BCUT2D eigenvalue weighted by molar-refractivity contribution is 14.1. The van der Waals surface area contributed by atoms with Crippen molar-refractivity contribution in [3.05, 3.63) is 15.8 Å². The third-order valence-electron chi connectivity index (χ3n) is 0.653. The van der Waals surface area contributed by atoms with Gasteiger partial charge in [0.15, 0.2) is 0 Å². The Morgan fingerprint density at radius 2 is 2.12 bits per heavy atom. The zero-order chi connectivity index (χ0) is 5.98. The molecule has 0 atom stereocenters.